The fourth-order valence-corrected chi connectivity index (χ4v) is 2.45. The molecule has 0 unspecified atom stereocenters. The Labute approximate surface area is 124 Å². The summed E-state index contributed by atoms with van der Waals surface area (Å²) in [7, 11) is 0. The Hall–Kier alpha value is -1.48. The first-order valence-corrected chi connectivity index (χ1v) is 6.85. The van der Waals surface area contributed by atoms with Crippen LogP contribution < -0.4 is 5.32 Å². The van der Waals surface area contributed by atoms with Gasteiger partial charge in [-0.2, -0.15) is 0 Å². The van der Waals surface area contributed by atoms with Gasteiger partial charge in [-0.15, -0.1) is 5.10 Å². The quantitative estimate of drug-likeness (QED) is 0.891. The molecule has 0 aliphatic heterocycles. The maximum absolute atomic E-state index is 12.9. The fourth-order valence-electron chi connectivity index (χ4n) is 1.47. The molecule has 4 nitrogen and oxygen atoms in total. The molecule has 1 aromatic carbocycles. The molecule has 0 radical (unpaired) electrons. The number of anilines is 1. The lowest BCUT2D eigenvalue weighted by molar-refractivity contribution is 0.101. The van der Waals surface area contributed by atoms with Crippen LogP contribution in [-0.4, -0.2) is 15.5 Å². The number of halogens is 4. The Bertz CT molecular complexity index is 635. The maximum atomic E-state index is 12.9. The zero-order chi connectivity index (χ0) is 14.7. The molecule has 106 valence electrons. The molecule has 2 rings (SSSR count). The van der Waals surface area contributed by atoms with Crippen LogP contribution in [0.3, 0.4) is 0 Å². The summed E-state index contributed by atoms with van der Waals surface area (Å²) < 4.78 is 42.1. The molecular formula is C11H7BrF3N3OS. The van der Waals surface area contributed by atoms with Gasteiger partial charge < -0.3 is 5.32 Å². The zero-order valence-corrected chi connectivity index (χ0v) is 12.1. The highest BCUT2D eigenvalue weighted by atomic mass is 79.9. The monoisotopic (exact) mass is 365 g/mol. The van der Waals surface area contributed by atoms with Gasteiger partial charge in [0.05, 0.1) is 0 Å². The standard InChI is InChI=1S/C11H7BrF3N3OS/c12-6-1-2-7(5(3-6)4-13)16-11(19)9-8(10(14)15)17-18-20-9/h1-3,10H,4H2,(H,16,19). The van der Waals surface area contributed by atoms with Gasteiger partial charge in [-0.1, -0.05) is 20.4 Å². The van der Waals surface area contributed by atoms with Crippen molar-refractivity contribution in [2.75, 3.05) is 5.32 Å². The third kappa shape index (κ3) is 3.15. The topological polar surface area (TPSA) is 54.9 Å². The van der Waals surface area contributed by atoms with E-state index in [4.69, 9.17) is 0 Å². The highest BCUT2D eigenvalue weighted by molar-refractivity contribution is 9.10. The highest BCUT2D eigenvalue weighted by Crippen LogP contribution is 2.26. The van der Waals surface area contributed by atoms with Crippen LogP contribution in [0.5, 0.6) is 0 Å². The molecule has 0 bridgehead atoms. The summed E-state index contributed by atoms with van der Waals surface area (Å²) >= 11 is 3.74. The summed E-state index contributed by atoms with van der Waals surface area (Å²) in [5, 5.41) is 5.59. The molecule has 0 saturated heterocycles. The molecule has 1 N–H and O–H groups in total. The largest absolute Gasteiger partial charge is 0.321 e. The number of nitrogens with zero attached hydrogens (tertiary/aromatic N) is 2. The summed E-state index contributed by atoms with van der Waals surface area (Å²) in [6, 6.07) is 4.58. The molecule has 0 aliphatic carbocycles. The number of aromatic nitrogens is 2. The number of carbonyl (C=O) groups is 1. The molecule has 20 heavy (non-hydrogen) atoms. The predicted molar refractivity (Wildman–Crippen MR) is 71.8 cm³/mol. The van der Waals surface area contributed by atoms with E-state index in [1.54, 1.807) is 6.07 Å². The molecule has 0 fully saturated rings. The van der Waals surface area contributed by atoms with Crippen molar-refractivity contribution in [2.24, 2.45) is 0 Å². The number of rotatable bonds is 4. The lowest BCUT2D eigenvalue weighted by atomic mass is 10.2. The number of amides is 1. The Morgan fingerprint density at radius 3 is 2.85 bits per heavy atom. The van der Waals surface area contributed by atoms with Crippen LogP contribution in [0.4, 0.5) is 18.9 Å². The second-order valence-electron chi connectivity index (χ2n) is 3.68. The zero-order valence-electron chi connectivity index (χ0n) is 9.74. The average Bonchev–Trinajstić information content (AvgIpc) is 2.90. The van der Waals surface area contributed by atoms with Crippen LogP contribution in [0.2, 0.25) is 0 Å². The maximum Gasteiger partial charge on any atom is 0.283 e. The Morgan fingerprint density at radius 2 is 2.20 bits per heavy atom. The number of benzene rings is 1. The minimum atomic E-state index is -2.89. The molecule has 1 amide bonds. The van der Waals surface area contributed by atoms with Gasteiger partial charge in [0.25, 0.3) is 12.3 Å². The van der Waals surface area contributed by atoms with E-state index in [9.17, 15) is 18.0 Å². The lowest BCUT2D eigenvalue weighted by Gasteiger charge is -2.08. The minimum Gasteiger partial charge on any atom is -0.321 e. The van der Waals surface area contributed by atoms with Crippen LogP contribution in [-0.2, 0) is 6.67 Å². The summed E-state index contributed by atoms with van der Waals surface area (Å²) in [5.41, 5.74) is -0.218. The number of alkyl halides is 3. The van der Waals surface area contributed by atoms with Crippen LogP contribution in [0.1, 0.15) is 27.4 Å². The van der Waals surface area contributed by atoms with Gasteiger partial charge in [-0.25, -0.2) is 13.2 Å². The summed E-state index contributed by atoms with van der Waals surface area (Å²) in [5.74, 6) is -0.785. The van der Waals surface area contributed by atoms with Crippen molar-refractivity contribution in [1.82, 2.24) is 9.59 Å². The Morgan fingerprint density at radius 1 is 1.45 bits per heavy atom. The molecule has 0 saturated carbocycles. The SMILES string of the molecule is O=C(Nc1ccc(Br)cc1CF)c1snnc1C(F)F. The molecule has 1 aromatic heterocycles. The van der Waals surface area contributed by atoms with E-state index in [2.05, 4.69) is 30.8 Å². The third-order valence-electron chi connectivity index (χ3n) is 2.39. The smallest absolute Gasteiger partial charge is 0.283 e. The van der Waals surface area contributed by atoms with E-state index in [-0.39, 0.29) is 16.1 Å². The minimum absolute atomic E-state index is 0.217. The molecule has 0 spiro atoms. The molecule has 0 atom stereocenters. The predicted octanol–water partition coefficient (Wildman–Crippen LogP) is 3.96. The van der Waals surface area contributed by atoms with E-state index >= 15 is 0 Å². The van der Waals surface area contributed by atoms with Gasteiger partial charge >= 0.3 is 0 Å². The van der Waals surface area contributed by atoms with Crippen LogP contribution in [0.25, 0.3) is 0 Å². The van der Waals surface area contributed by atoms with Gasteiger partial charge in [-0.05, 0) is 29.7 Å². The van der Waals surface area contributed by atoms with Gasteiger partial charge in [0.1, 0.15) is 11.6 Å². The highest BCUT2D eigenvalue weighted by Gasteiger charge is 2.23. The first kappa shape index (κ1) is 14.9. The van der Waals surface area contributed by atoms with Crippen molar-refractivity contribution in [3.63, 3.8) is 0 Å². The van der Waals surface area contributed by atoms with Crippen molar-refractivity contribution in [1.29, 1.82) is 0 Å². The Balaban J connectivity index is 2.26. The van der Waals surface area contributed by atoms with Gasteiger partial charge in [0.15, 0.2) is 5.69 Å². The number of hydrogen-bond acceptors (Lipinski definition) is 4. The van der Waals surface area contributed by atoms with Crippen molar-refractivity contribution in [3.8, 4) is 0 Å². The van der Waals surface area contributed by atoms with E-state index in [1.165, 1.54) is 12.1 Å². The number of nitrogens with one attached hydrogen (secondary N) is 1. The van der Waals surface area contributed by atoms with Gasteiger partial charge in [0.2, 0.25) is 0 Å². The summed E-state index contributed by atoms with van der Waals surface area (Å²) in [6.07, 6.45) is -2.89. The van der Waals surface area contributed by atoms with Crippen molar-refractivity contribution < 1.29 is 18.0 Å². The van der Waals surface area contributed by atoms with E-state index in [1.807, 2.05) is 0 Å². The van der Waals surface area contributed by atoms with Crippen LogP contribution in [0, 0.1) is 0 Å². The average molecular weight is 366 g/mol. The number of carbonyl (C=O) groups excluding carboxylic acids is 1. The lowest BCUT2D eigenvalue weighted by Crippen LogP contribution is -2.14. The molecule has 9 heteroatoms. The van der Waals surface area contributed by atoms with Gasteiger partial charge in [0, 0.05) is 15.7 Å². The van der Waals surface area contributed by atoms with E-state index < -0.39 is 24.7 Å². The molecular weight excluding hydrogens is 359 g/mol. The third-order valence-corrected chi connectivity index (χ3v) is 3.62. The summed E-state index contributed by atoms with van der Waals surface area (Å²) in [6.45, 7) is -0.794. The first-order chi connectivity index (χ1) is 9.52. The fraction of sp³-hybridized carbons (Fsp3) is 0.182. The van der Waals surface area contributed by atoms with Crippen molar-refractivity contribution in [3.05, 3.63) is 38.8 Å². The van der Waals surface area contributed by atoms with Crippen LogP contribution in [0.15, 0.2) is 22.7 Å². The second-order valence-corrected chi connectivity index (χ2v) is 5.35. The van der Waals surface area contributed by atoms with Gasteiger partial charge in [-0.3, -0.25) is 4.79 Å². The molecule has 0 aliphatic rings. The second kappa shape index (κ2) is 6.31. The van der Waals surface area contributed by atoms with Crippen molar-refractivity contribution in [2.45, 2.75) is 13.1 Å². The van der Waals surface area contributed by atoms with Crippen molar-refractivity contribution >= 4 is 39.1 Å². The number of hydrogen-bond donors (Lipinski definition) is 1. The van der Waals surface area contributed by atoms with E-state index in [0.29, 0.717) is 16.0 Å². The molecule has 2 aromatic rings. The first-order valence-electron chi connectivity index (χ1n) is 5.29. The normalized spacial score (nSPS) is 10.8. The van der Waals surface area contributed by atoms with Crippen LogP contribution >= 0.6 is 27.5 Å². The van der Waals surface area contributed by atoms with E-state index in [0.717, 1.165) is 0 Å². The Kier molecular flexibility index (Phi) is 4.71. The summed E-state index contributed by atoms with van der Waals surface area (Å²) in [4.78, 5) is 11.6. The molecule has 1 heterocycles.